The van der Waals surface area contributed by atoms with Crippen LogP contribution >= 0.6 is 0 Å². The molecule has 0 radical (unpaired) electrons. The van der Waals surface area contributed by atoms with Gasteiger partial charge < -0.3 is 4.90 Å². The van der Waals surface area contributed by atoms with Crippen LogP contribution in [0.3, 0.4) is 0 Å². The van der Waals surface area contributed by atoms with Crippen molar-refractivity contribution >= 4 is 0 Å². The first kappa shape index (κ1) is 23.5. The van der Waals surface area contributed by atoms with Crippen LogP contribution in [0.25, 0.3) is 0 Å². The van der Waals surface area contributed by atoms with Crippen molar-refractivity contribution in [3.8, 4) is 0 Å². The van der Waals surface area contributed by atoms with Crippen LogP contribution in [0.5, 0.6) is 0 Å². The Labute approximate surface area is 184 Å². The minimum Gasteiger partial charge on any atom is -0.339 e. The van der Waals surface area contributed by atoms with Crippen molar-refractivity contribution in [3.05, 3.63) is 120 Å². The van der Waals surface area contributed by atoms with Gasteiger partial charge in [-0.25, -0.2) is 0 Å². The maximum Gasteiger partial charge on any atom is 0.0556 e. The smallest absolute Gasteiger partial charge is 0.0556 e. The molecule has 1 heteroatoms. The van der Waals surface area contributed by atoms with E-state index in [1.165, 1.54) is 22.5 Å². The molecule has 1 aliphatic rings. The van der Waals surface area contributed by atoms with Gasteiger partial charge in [-0.05, 0) is 63.7 Å². The van der Waals surface area contributed by atoms with Gasteiger partial charge in [-0.2, -0.15) is 0 Å². The van der Waals surface area contributed by atoms with Crippen molar-refractivity contribution < 1.29 is 0 Å². The molecule has 0 saturated carbocycles. The van der Waals surface area contributed by atoms with E-state index in [4.69, 9.17) is 0 Å². The zero-order valence-corrected chi connectivity index (χ0v) is 19.1. The molecule has 1 aromatic carbocycles. The monoisotopic (exact) mass is 399 g/mol. The van der Waals surface area contributed by atoms with E-state index in [-0.39, 0.29) is 0 Å². The van der Waals surface area contributed by atoms with E-state index in [2.05, 4.69) is 123 Å². The van der Waals surface area contributed by atoms with Gasteiger partial charge in [0.15, 0.2) is 0 Å². The lowest BCUT2D eigenvalue weighted by molar-refractivity contribution is 0.360. The summed E-state index contributed by atoms with van der Waals surface area (Å²) in [7, 11) is 0. The largest absolute Gasteiger partial charge is 0.339 e. The molecule has 1 unspecified atom stereocenters. The van der Waals surface area contributed by atoms with Crippen LogP contribution in [0, 0.1) is 0 Å². The Hall–Kier alpha value is -2.80. The Balaban J connectivity index is 2.13. The predicted octanol–water partition coefficient (Wildman–Crippen LogP) is 8.08. The van der Waals surface area contributed by atoms with Crippen molar-refractivity contribution in [1.82, 2.24) is 4.90 Å². The van der Waals surface area contributed by atoms with Gasteiger partial charge in [0.25, 0.3) is 0 Å². The molecule has 1 nitrogen and oxygen atoms in total. The number of allylic oxidation sites excluding steroid dienone is 11. The fourth-order valence-corrected chi connectivity index (χ4v) is 3.72. The van der Waals surface area contributed by atoms with Gasteiger partial charge in [0.2, 0.25) is 0 Å². The molecule has 0 amide bonds. The molecule has 0 bridgehead atoms. The number of rotatable bonds is 10. The lowest BCUT2D eigenvalue weighted by Gasteiger charge is -2.35. The first-order valence-corrected chi connectivity index (χ1v) is 11.2. The van der Waals surface area contributed by atoms with E-state index in [0.29, 0.717) is 6.04 Å². The van der Waals surface area contributed by atoms with Crippen molar-refractivity contribution in [3.63, 3.8) is 0 Å². The van der Waals surface area contributed by atoms with Crippen LogP contribution in [0.4, 0.5) is 0 Å². The van der Waals surface area contributed by atoms with E-state index in [0.717, 1.165) is 25.7 Å². The normalized spacial score (nSPS) is 18.0. The van der Waals surface area contributed by atoms with E-state index >= 15 is 0 Å². The minimum atomic E-state index is 0.354. The van der Waals surface area contributed by atoms with Gasteiger partial charge in [-0.15, -0.1) is 0 Å². The summed E-state index contributed by atoms with van der Waals surface area (Å²) >= 11 is 0. The van der Waals surface area contributed by atoms with Crippen molar-refractivity contribution in [2.45, 2.75) is 59.4 Å². The highest BCUT2D eigenvalue weighted by Crippen LogP contribution is 2.27. The maximum atomic E-state index is 2.50. The second-order valence-electron chi connectivity index (χ2n) is 7.41. The summed E-state index contributed by atoms with van der Waals surface area (Å²) in [4.78, 5) is 2.50. The summed E-state index contributed by atoms with van der Waals surface area (Å²) < 4.78 is 0. The molecular formula is C29H37N. The summed E-state index contributed by atoms with van der Waals surface area (Å²) in [5.41, 5.74) is 5.37. The number of nitrogens with zero attached hydrogens (tertiary/aromatic N) is 1. The molecule has 0 aromatic heterocycles. The van der Waals surface area contributed by atoms with E-state index in [1.54, 1.807) is 0 Å². The highest BCUT2D eigenvalue weighted by Gasteiger charge is 2.20. The molecule has 0 heterocycles. The summed E-state index contributed by atoms with van der Waals surface area (Å²) in [6.45, 7) is 8.57. The molecular weight excluding hydrogens is 362 g/mol. The summed E-state index contributed by atoms with van der Waals surface area (Å²) in [5, 5.41) is 0. The zero-order valence-electron chi connectivity index (χ0n) is 19.1. The third-order valence-corrected chi connectivity index (χ3v) is 5.34. The minimum absolute atomic E-state index is 0.354. The van der Waals surface area contributed by atoms with Gasteiger partial charge >= 0.3 is 0 Å². The van der Waals surface area contributed by atoms with E-state index in [1.807, 2.05) is 6.92 Å². The molecule has 1 aliphatic carbocycles. The molecule has 0 aliphatic heterocycles. The molecule has 0 fully saturated rings. The molecule has 30 heavy (non-hydrogen) atoms. The van der Waals surface area contributed by atoms with Crippen molar-refractivity contribution in [1.29, 1.82) is 0 Å². The standard InChI is InChI=1S/C29H37N/c1-5-9-10-12-18-26-21-23-29(24-22-26)30(27(6-2)7-3)28(8-4)20-15-19-25-16-13-11-14-17-25/h5-6,8-17,20-23,29H,7,18-19,24H2,1-4H3. The van der Waals surface area contributed by atoms with E-state index < -0.39 is 0 Å². The number of benzene rings is 1. The molecule has 0 saturated heterocycles. The lowest BCUT2D eigenvalue weighted by atomic mass is 9.97. The Kier molecular flexibility index (Phi) is 10.5. The van der Waals surface area contributed by atoms with Crippen molar-refractivity contribution in [2.24, 2.45) is 0 Å². The predicted molar refractivity (Wildman–Crippen MR) is 133 cm³/mol. The van der Waals surface area contributed by atoms with Crippen LogP contribution in [0.2, 0.25) is 0 Å². The quantitative estimate of drug-likeness (QED) is 0.359. The Morgan fingerprint density at radius 3 is 2.40 bits per heavy atom. The number of hydrogen-bond acceptors (Lipinski definition) is 1. The van der Waals surface area contributed by atoms with Gasteiger partial charge in [0.1, 0.15) is 0 Å². The van der Waals surface area contributed by atoms with Gasteiger partial charge in [0.05, 0.1) is 6.04 Å². The summed E-state index contributed by atoms with van der Waals surface area (Å²) in [6.07, 6.45) is 28.6. The van der Waals surface area contributed by atoms with Crippen LogP contribution in [0.15, 0.2) is 114 Å². The number of hydrogen-bond donors (Lipinski definition) is 0. The first-order chi connectivity index (χ1) is 14.7. The molecule has 1 atom stereocenters. The third kappa shape index (κ3) is 7.22. The third-order valence-electron chi connectivity index (χ3n) is 5.34. The van der Waals surface area contributed by atoms with Crippen LogP contribution in [0.1, 0.15) is 52.5 Å². The van der Waals surface area contributed by atoms with Gasteiger partial charge in [0, 0.05) is 11.4 Å². The molecule has 0 spiro atoms. The summed E-state index contributed by atoms with van der Waals surface area (Å²) in [5.74, 6) is 0. The molecule has 1 aromatic rings. The maximum absolute atomic E-state index is 2.50. The SMILES string of the molecule is CC=CC=CCC1=CCC(N(C(C=CCc2ccccc2)=CC)C(=CC)CC)C=C1. The first-order valence-electron chi connectivity index (χ1n) is 11.2. The van der Waals surface area contributed by atoms with E-state index in [9.17, 15) is 0 Å². The highest BCUT2D eigenvalue weighted by atomic mass is 15.2. The average molecular weight is 400 g/mol. The zero-order chi connectivity index (χ0) is 21.6. The fraction of sp³-hybridized carbons (Fsp3) is 0.310. The topological polar surface area (TPSA) is 3.24 Å². The lowest BCUT2D eigenvalue weighted by Crippen LogP contribution is -2.32. The van der Waals surface area contributed by atoms with Crippen LogP contribution in [-0.4, -0.2) is 10.9 Å². The van der Waals surface area contributed by atoms with Crippen LogP contribution < -0.4 is 0 Å². The Morgan fingerprint density at radius 1 is 1.00 bits per heavy atom. The second kappa shape index (κ2) is 13.4. The molecule has 2 rings (SSSR count). The Morgan fingerprint density at radius 2 is 1.80 bits per heavy atom. The summed E-state index contributed by atoms with van der Waals surface area (Å²) in [6, 6.07) is 11.0. The van der Waals surface area contributed by atoms with Crippen LogP contribution in [-0.2, 0) is 6.42 Å². The second-order valence-corrected chi connectivity index (χ2v) is 7.41. The van der Waals surface area contributed by atoms with Gasteiger partial charge in [-0.3, -0.25) is 0 Å². The van der Waals surface area contributed by atoms with Crippen molar-refractivity contribution in [2.75, 3.05) is 0 Å². The Bertz CT molecular complexity index is 844. The molecule has 158 valence electrons. The van der Waals surface area contributed by atoms with Gasteiger partial charge in [-0.1, -0.05) is 98.0 Å². The average Bonchev–Trinajstić information content (AvgIpc) is 2.80. The highest BCUT2D eigenvalue weighted by molar-refractivity contribution is 5.33. The fourth-order valence-electron chi connectivity index (χ4n) is 3.72. The molecule has 0 N–H and O–H groups in total.